The summed E-state index contributed by atoms with van der Waals surface area (Å²) < 4.78 is 6.56. The van der Waals surface area contributed by atoms with Gasteiger partial charge in [-0.15, -0.1) is 11.6 Å². The first-order chi connectivity index (χ1) is 8.72. The van der Waals surface area contributed by atoms with Gasteiger partial charge >= 0.3 is 0 Å². The van der Waals surface area contributed by atoms with Crippen molar-refractivity contribution >= 4 is 27.5 Å². The highest BCUT2D eigenvalue weighted by atomic mass is 79.9. The minimum Gasteiger partial charge on any atom is -0.456 e. The molecule has 2 rings (SSSR count). The van der Waals surface area contributed by atoms with Crippen LogP contribution in [0.15, 0.2) is 46.9 Å². The molecule has 0 atom stereocenters. The Morgan fingerprint density at radius 2 is 1.89 bits per heavy atom. The van der Waals surface area contributed by atoms with E-state index in [1.54, 1.807) is 24.3 Å². The number of nitriles is 1. The van der Waals surface area contributed by atoms with Crippen molar-refractivity contribution in [3.63, 3.8) is 0 Å². The molecule has 0 unspecified atom stereocenters. The van der Waals surface area contributed by atoms with Crippen LogP contribution in [0, 0.1) is 11.3 Å². The smallest absolute Gasteiger partial charge is 0.141 e. The van der Waals surface area contributed by atoms with E-state index in [9.17, 15) is 0 Å². The number of hydrogen-bond donors (Lipinski definition) is 0. The van der Waals surface area contributed by atoms with Crippen molar-refractivity contribution in [1.82, 2.24) is 0 Å². The highest BCUT2D eigenvalue weighted by molar-refractivity contribution is 9.10. The van der Waals surface area contributed by atoms with E-state index in [4.69, 9.17) is 21.6 Å². The first-order valence-electron chi connectivity index (χ1n) is 5.25. The maximum Gasteiger partial charge on any atom is 0.141 e. The predicted octanol–water partition coefficient (Wildman–Crippen LogP) is 4.85. The Balaban J connectivity index is 2.20. The largest absolute Gasteiger partial charge is 0.456 e. The van der Waals surface area contributed by atoms with E-state index in [0.29, 0.717) is 22.9 Å². The molecule has 0 aromatic heterocycles. The number of halogens is 2. The molecule has 0 aliphatic heterocycles. The first kappa shape index (κ1) is 12.9. The lowest BCUT2D eigenvalue weighted by Crippen LogP contribution is -1.87. The van der Waals surface area contributed by atoms with Crippen LogP contribution in [0.2, 0.25) is 0 Å². The van der Waals surface area contributed by atoms with Crippen molar-refractivity contribution in [2.45, 2.75) is 5.88 Å². The molecule has 0 bridgehead atoms. The molecule has 0 aliphatic rings. The van der Waals surface area contributed by atoms with Gasteiger partial charge < -0.3 is 4.74 Å². The van der Waals surface area contributed by atoms with Gasteiger partial charge in [-0.05, 0) is 57.9 Å². The van der Waals surface area contributed by atoms with Crippen molar-refractivity contribution in [1.29, 1.82) is 5.26 Å². The SMILES string of the molecule is N#Cc1ccc(Oc2ccc(CCl)cc2Br)cc1. The Labute approximate surface area is 119 Å². The zero-order chi connectivity index (χ0) is 13.0. The van der Waals surface area contributed by atoms with Gasteiger partial charge in [-0.1, -0.05) is 6.07 Å². The van der Waals surface area contributed by atoms with Crippen LogP contribution in [0.1, 0.15) is 11.1 Å². The van der Waals surface area contributed by atoms with E-state index in [1.165, 1.54) is 0 Å². The molecular weight excluding hydrogens is 314 g/mol. The van der Waals surface area contributed by atoms with Crippen LogP contribution in [0.5, 0.6) is 11.5 Å². The Bertz CT molecular complexity index is 590. The topological polar surface area (TPSA) is 33.0 Å². The second kappa shape index (κ2) is 5.90. The van der Waals surface area contributed by atoms with Crippen molar-refractivity contribution < 1.29 is 4.74 Å². The van der Waals surface area contributed by atoms with Gasteiger partial charge in [0.2, 0.25) is 0 Å². The van der Waals surface area contributed by atoms with Crippen LogP contribution in [-0.4, -0.2) is 0 Å². The molecule has 0 heterocycles. The fourth-order valence-corrected chi connectivity index (χ4v) is 2.11. The first-order valence-corrected chi connectivity index (χ1v) is 6.58. The quantitative estimate of drug-likeness (QED) is 0.757. The summed E-state index contributed by atoms with van der Waals surface area (Å²) in [6.07, 6.45) is 0. The molecule has 0 aliphatic carbocycles. The summed E-state index contributed by atoms with van der Waals surface area (Å²) in [6, 6.07) is 14.7. The molecule has 0 saturated heterocycles. The Kier molecular flexibility index (Phi) is 4.24. The van der Waals surface area contributed by atoms with E-state index < -0.39 is 0 Å². The van der Waals surface area contributed by atoms with Crippen LogP contribution in [0.25, 0.3) is 0 Å². The van der Waals surface area contributed by atoms with Crippen LogP contribution >= 0.6 is 27.5 Å². The molecule has 0 fully saturated rings. The van der Waals surface area contributed by atoms with Crippen molar-refractivity contribution in [3.05, 3.63) is 58.1 Å². The van der Waals surface area contributed by atoms with E-state index in [-0.39, 0.29) is 0 Å². The lowest BCUT2D eigenvalue weighted by molar-refractivity contribution is 0.479. The molecule has 0 amide bonds. The van der Waals surface area contributed by atoms with Crippen LogP contribution in [0.4, 0.5) is 0 Å². The van der Waals surface area contributed by atoms with E-state index in [2.05, 4.69) is 22.0 Å². The summed E-state index contributed by atoms with van der Waals surface area (Å²) in [7, 11) is 0. The average Bonchev–Trinajstić information content (AvgIpc) is 2.42. The van der Waals surface area contributed by atoms with E-state index >= 15 is 0 Å². The van der Waals surface area contributed by atoms with Gasteiger partial charge in [0.25, 0.3) is 0 Å². The summed E-state index contributed by atoms with van der Waals surface area (Å²) in [4.78, 5) is 0. The lowest BCUT2D eigenvalue weighted by atomic mass is 10.2. The summed E-state index contributed by atoms with van der Waals surface area (Å²) in [6.45, 7) is 0. The number of alkyl halides is 1. The molecule has 0 saturated carbocycles. The maximum absolute atomic E-state index is 8.71. The van der Waals surface area contributed by atoms with Crippen molar-refractivity contribution in [2.75, 3.05) is 0 Å². The highest BCUT2D eigenvalue weighted by Gasteiger charge is 2.04. The molecule has 2 aromatic rings. The molecule has 0 N–H and O–H groups in total. The summed E-state index contributed by atoms with van der Waals surface area (Å²) in [5.41, 5.74) is 1.63. The maximum atomic E-state index is 8.71. The Hall–Kier alpha value is -1.50. The third-order valence-corrected chi connectivity index (χ3v) is 3.29. The standard InChI is InChI=1S/C14H9BrClNO/c15-13-7-11(8-16)3-6-14(13)18-12-4-1-10(9-17)2-5-12/h1-7H,8H2. The zero-order valence-corrected chi connectivity index (χ0v) is 11.7. The normalized spacial score (nSPS) is 9.83. The number of benzene rings is 2. The van der Waals surface area contributed by atoms with E-state index in [1.807, 2.05) is 18.2 Å². The third-order valence-electron chi connectivity index (χ3n) is 2.36. The van der Waals surface area contributed by atoms with E-state index in [0.717, 1.165) is 10.0 Å². The molecule has 2 nitrogen and oxygen atoms in total. The third kappa shape index (κ3) is 3.04. The second-order valence-corrected chi connectivity index (χ2v) is 4.76. The number of nitrogens with zero attached hydrogens (tertiary/aromatic N) is 1. The predicted molar refractivity (Wildman–Crippen MR) is 74.9 cm³/mol. The van der Waals surface area contributed by atoms with Crippen LogP contribution in [-0.2, 0) is 5.88 Å². The summed E-state index contributed by atoms with van der Waals surface area (Å²) in [5, 5.41) is 8.71. The van der Waals surface area contributed by atoms with Gasteiger partial charge in [0.1, 0.15) is 11.5 Å². The van der Waals surface area contributed by atoms with Crippen molar-refractivity contribution in [3.8, 4) is 17.6 Å². The lowest BCUT2D eigenvalue weighted by Gasteiger charge is -2.08. The molecular formula is C14H9BrClNO. The minimum atomic E-state index is 0.468. The molecule has 0 radical (unpaired) electrons. The Morgan fingerprint density at radius 1 is 1.17 bits per heavy atom. The average molecular weight is 323 g/mol. The van der Waals surface area contributed by atoms with Gasteiger partial charge in [-0.3, -0.25) is 0 Å². The molecule has 18 heavy (non-hydrogen) atoms. The van der Waals surface area contributed by atoms with Crippen LogP contribution < -0.4 is 4.74 Å². The van der Waals surface area contributed by atoms with Gasteiger partial charge in [0.15, 0.2) is 0 Å². The zero-order valence-electron chi connectivity index (χ0n) is 9.36. The van der Waals surface area contributed by atoms with Crippen molar-refractivity contribution in [2.24, 2.45) is 0 Å². The monoisotopic (exact) mass is 321 g/mol. The Morgan fingerprint density at radius 3 is 2.44 bits per heavy atom. The number of rotatable bonds is 3. The minimum absolute atomic E-state index is 0.468. The second-order valence-electron chi connectivity index (χ2n) is 3.64. The summed E-state index contributed by atoms with van der Waals surface area (Å²) >= 11 is 9.19. The molecule has 90 valence electrons. The van der Waals surface area contributed by atoms with Gasteiger partial charge in [-0.25, -0.2) is 0 Å². The number of ether oxygens (including phenoxy) is 1. The fraction of sp³-hybridized carbons (Fsp3) is 0.0714. The number of hydrogen-bond acceptors (Lipinski definition) is 2. The van der Waals surface area contributed by atoms with Gasteiger partial charge in [0.05, 0.1) is 16.1 Å². The highest BCUT2D eigenvalue weighted by Crippen LogP contribution is 2.30. The molecule has 2 aromatic carbocycles. The molecule has 0 spiro atoms. The molecule has 4 heteroatoms. The van der Waals surface area contributed by atoms with Crippen LogP contribution in [0.3, 0.4) is 0 Å². The summed E-state index contributed by atoms with van der Waals surface area (Å²) in [5.74, 6) is 1.87. The van der Waals surface area contributed by atoms with Gasteiger partial charge in [0, 0.05) is 5.88 Å². The van der Waals surface area contributed by atoms with Gasteiger partial charge in [-0.2, -0.15) is 5.26 Å². The fourth-order valence-electron chi connectivity index (χ4n) is 1.43.